The Hall–Kier alpha value is -1.39. The molecule has 0 aliphatic carbocycles. The van der Waals surface area contributed by atoms with Crippen molar-refractivity contribution >= 4 is 5.97 Å². The number of esters is 1. The van der Waals surface area contributed by atoms with Crippen LogP contribution in [0, 0.1) is 0 Å². The van der Waals surface area contributed by atoms with Crippen molar-refractivity contribution in [2.75, 3.05) is 14.2 Å². The Bertz CT molecular complexity index is 313. The van der Waals surface area contributed by atoms with Gasteiger partial charge in [-0.15, -0.1) is 0 Å². The summed E-state index contributed by atoms with van der Waals surface area (Å²) in [4.78, 5) is 11.3. The van der Waals surface area contributed by atoms with E-state index in [0.29, 0.717) is 5.56 Å². The third-order valence-corrected chi connectivity index (χ3v) is 2.22. The molecule has 0 aromatic heterocycles. The van der Waals surface area contributed by atoms with E-state index in [9.17, 15) is 9.90 Å². The molecule has 1 rings (SSSR count). The predicted octanol–water partition coefficient (Wildman–Crippen LogP) is 0.481. The van der Waals surface area contributed by atoms with E-state index >= 15 is 0 Å². The van der Waals surface area contributed by atoms with E-state index in [0.717, 1.165) is 0 Å². The number of benzene rings is 1. The summed E-state index contributed by atoms with van der Waals surface area (Å²) < 4.78 is 4.58. The Balaban J connectivity index is 2.82. The largest absolute Gasteiger partial charge is 0.468 e. The van der Waals surface area contributed by atoms with Crippen LogP contribution in [0.5, 0.6) is 0 Å². The molecule has 0 saturated carbocycles. The number of aliphatic hydroxyl groups excluding tert-OH is 1. The second-order valence-corrected chi connectivity index (χ2v) is 3.15. The predicted molar refractivity (Wildman–Crippen MR) is 56.3 cm³/mol. The van der Waals surface area contributed by atoms with Gasteiger partial charge in [0.25, 0.3) is 0 Å². The molecule has 2 N–H and O–H groups in total. The maximum absolute atomic E-state index is 11.3. The van der Waals surface area contributed by atoms with Gasteiger partial charge >= 0.3 is 5.97 Å². The summed E-state index contributed by atoms with van der Waals surface area (Å²) in [6.07, 6.45) is -0.899. The van der Waals surface area contributed by atoms with Gasteiger partial charge < -0.3 is 15.2 Å². The lowest BCUT2D eigenvalue weighted by Crippen LogP contribution is -2.40. The van der Waals surface area contributed by atoms with E-state index in [-0.39, 0.29) is 0 Å². The second-order valence-electron chi connectivity index (χ2n) is 3.15. The third kappa shape index (κ3) is 2.78. The van der Waals surface area contributed by atoms with Crippen LogP contribution in [-0.2, 0) is 9.53 Å². The lowest BCUT2D eigenvalue weighted by Gasteiger charge is -2.20. The molecule has 0 saturated heterocycles. The van der Waals surface area contributed by atoms with Crippen molar-refractivity contribution in [2.24, 2.45) is 0 Å². The summed E-state index contributed by atoms with van der Waals surface area (Å²) in [5.74, 6) is -0.478. The normalized spacial score (nSPS) is 14.3. The molecule has 0 aliphatic heterocycles. The molecule has 0 unspecified atom stereocenters. The number of nitrogens with one attached hydrogen (secondary N) is 1. The zero-order chi connectivity index (χ0) is 11.3. The van der Waals surface area contributed by atoms with E-state index < -0.39 is 18.1 Å². The summed E-state index contributed by atoms with van der Waals surface area (Å²) in [5.41, 5.74) is 0.683. The monoisotopic (exact) mass is 209 g/mol. The van der Waals surface area contributed by atoms with Crippen molar-refractivity contribution in [3.8, 4) is 0 Å². The second kappa shape index (κ2) is 5.48. The van der Waals surface area contributed by atoms with Gasteiger partial charge in [-0.05, 0) is 12.6 Å². The van der Waals surface area contributed by atoms with Gasteiger partial charge in [0, 0.05) is 0 Å². The van der Waals surface area contributed by atoms with Gasteiger partial charge in [0.05, 0.1) is 7.11 Å². The molecule has 0 heterocycles. The van der Waals surface area contributed by atoms with Crippen LogP contribution in [0.15, 0.2) is 30.3 Å². The fourth-order valence-corrected chi connectivity index (χ4v) is 1.37. The maximum atomic E-state index is 11.3. The van der Waals surface area contributed by atoms with Gasteiger partial charge in [0.2, 0.25) is 0 Å². The Kier molecular flexibility index (Phi) is 4.27. The van der Waals surface area contributed by atoms with Crippen LogP contribution in [0.2, 0.25) is 0 Å². The molecule has 0 aliphatic rings. The lowest BCUT2D eigenvalue weighted by atomic mass is 10.0. The molecule has 0 bridgehead atoms. The zero-order valence-electron chi connectivity index (χ0n) is 8.81. The minimum atomic E-state index is -0.899. The summed E-state index contributed by atoms with van der Waals surface area (Å²) in [5, 5.41) is 12.6. The molecule has 82 valence electrons. The van der Waals surface area contributed by atoms with Gasteiger partial charge in [0.1, 0.15) is 12.1 Å². The molecule has 0 amide bonds. The smallest absolute Gasteiger partial charge is 0.325 e. The molecule has 2 atom stereocenters. The quantitative estimate of drug-likeness (QED) is 0.708. The van der Waals surface area contributed by atoms with Gasteiger partial charge in [-0.3, -0.25) is 4.79 Å². The van der Waals surface area contributed by atoms with Crippen LogP contribution in [-0.4, -0.2) is 31.3 Å². The Morgan fingerprint density at radius 2 is 2.00 bits per heavy atom. The van der Waals surface area contributed by atoms with E-state index in [1.807, 2.05) is 18.2 Å². The van der Waals surface area contributed by atoms with Crippen molar-refractivity contribution in [3.63, 3.8) is 0 Å². The highest BCUT2D eigenvalue weighted by Gasteiger charge is 2.26. The van der Waals surface area contributed by atoms with Gasteiger partial charge in [-0.25, -0.2) is 0 Å². The van der Waals surface area contributed by atoms with Crippen molar-refractivity contribution in [1.29, 1.82) is 0 Å². The number of carbonyl (C=O) groups excluding carboxylic acids is 1. The molecule has 15 heavy (non-hydrogen) atoms. The van der Waals surface area contributed by atoms with Crippen LogP contribution in [0.3, 0.4) is 0 Å². The van der Waals surface area contributed by atoms with Crippen LogP contribution in [0.25, 0.3) is 0 Å². The van der Waals surface area contributed by atoms with Crippen molar-refractivity contribution in [2.45, 2.75) is 12.1 Å². The van der Waals surface area contributed by atoms with E-state index in [2.05, 4.69) is 10.1 Å². The van der Waals surface area contributed by atoms with Crippen LogP contribution < -0.4 is 5.32 Å². The SMILES string of the molecule is CN[C@H](C(=O)OC)[C@H](O)c1ccccc1. The van der Waals surface area contributed by atoms with E-state index in [1.165, 1.54) is 7.11 Å². The van der Waals surface area contributed by atoms with Crippen molar-refractivity contribution < 1.29 is 14.6 Å². The minimum Gasteiger partial charge on any atom is -0.468 e. The number of rotatable bonds is 4. The van der Waals surface area contributed by atoms with E-state index in [4.69, 9.17) is 0 Å². The standard InChI is InChI=1S/C11H15NO3/c1-12-9(11(14)15-2)10(13)8-6-4-3-5-7-8/h3-7,9-10,12-13H,1-2H3/t9-,10+/m0/s1. The first-order valence-electron chi connectivity index (χ1n) is 4.68. The summed E-state index contributed by atoms with van der Waals surface area (Å²) in [6.45, 7) is 0. The molecule has 1 aromatic rings. The number of hydrogen-bond donors (Lipinski definition) is 2. The molecule has 4 nitrogen and oxygen atoms in total. The van der Waals surface area contributed by atoms with E-state index in [1.54, 1.807) is 19.2 Å². The topological polar surface area (TPSA) is 58.6 Å². The molecular weight excluding hydrogens is 194 g/mol. The average Bonchev–Trinajstić information content (AvgIpc) is 2.30. The number of carbonyl (C=O) groups is 1. The fraction of sp³-hybridized carbons (Fsp3) is 0.364. The van der Waals surface area contributed by atoms with Crippen LogP contribution in [0.4, 0.5) is 0 Å². The highest BCUT2D eigenvalue weighted by Crippen LogP contribution is 2.16. The fourth-order valence-electron chi connectivity index (χ4n) is 1.37. The average molecular weight is 209 g/mol. The Labute approximate surface area is 88.9 Å². The maximum Gasteiger partial charge on any atom is 0.325 e. The summed E-state index contributed by atoms with van der Waals surface area (Å²) in [7, 11) is 2.90. The number of ether oxygens (including phenoxy) is 1. The Morgan fingerprint density at radius 1 is 1.40 bits per heavy atom. The van der Waals surface area contributed by atoms with Crippen molar-refractivity contribution in [1.82, 2.24) is 5.32 Å². The molecule has 4 heteroatoms. The Morgan fingerprint density at radius 3 is 2.47 bits per heavy atom. The summed E-state index contributed by atoms with van der Waals surface area (Å²) >= 11 is 0. The minimum absolute atomic E-state index is 0.478. The van der Waals surface area contributed by atoms with Crippen molar-refractivity contribution in [3.05, 3.63) is 35.9 Å². The highest BCUT2D eigenvalue weighted by atomic mass is 16.5. The molecule has 0 spiro atoms. The highest BCUT2D eigenvalue weighted by molar-refractivity contribution is 5.76. The first kappa shape index (κ1) is 11.7. The number of aliphatic hydroxyl groups is 1. The molecule has 0 radical (unpaired) electrons. The van der Waals surface area contributed by atoms with Gasteiger partial charge in [-0.1, -0.05) is 30.3 Å². The lowest BCUT2D eigenvalue weighted by molar-refractivity contribution is -0.146. The molecule has 1 aromatic carbocycles. The first-order chi connectivity index (χ1) is 7.20. The van der Waals surface area contributed by atoms with Gasteiger partial charge in [0.15, 0.2) is 0 Å². The molecular formula is C11H15NO3. The van der Waals surface area contributed by atoms with Gasteiger partial charge in [-0.2, -0.15) is 0 Å². The number of hydrogen-bond acceptors (Lipinski definition) is 4. The first-order valence-corrected chi connectivity index (χ1v) is 4.68. The summed E-state index contributed by atoms with van der Waals surface area (Å²) in [6, 6.07) is 8.25. The van der Waals surface area contributed by atoms with Crippen LogP contribution in [0.1, 0.15) is 11.7 Å². The number of methoxy groups -OCH3 is 1. The third-order valence-electron chi connectivity index (χ3n) is 2.22. The van der Waals surface area contributed by atoms with Crippen LogP contribution >= 0.6 is 0 Å². The number of likely N-dealkylation sites (N-methyl/N-ethyl adjacent to an activating group) is 1. The molecule has 0 fully saturated rings. The zero-order valence-corrected chi connectivity index (χ0v) is 8.81.